The summed E-state index contributed by atoms with van der Waals surface area (Å²) in [5.41, 5.74) is 0. The van der Waals surface area contributed by atoms with Crippen LogP contribution in [0.5, 0.6) is 0 Å². The molecule has 15 heavy (non-hydrogen) atoms. The highest BCUT2D eigenvalue weighted by Crippen LogP contribution is 2.49. The van der Waals surface area contributed by atoms with Crippen molar-refractivity contribution in [2.75, 3.05) is 6.54 Å². The Morgan fingerprint density at radius 2 is 2.13 bits per heavy atom. The average molecular weight is 211 g/mol. The summed E-state index contributed by atoms with van der Waals surface area (Å²) < 4.78 is 0. The zero-order valence-electron chi connectivity index (χ0n) is 10.1. The number of aliphatic hydroxyl groups is 1. The van der Waals surface area contributed by atoms with E-state index in [1.807, 2.05) is 6.92 Å². The predicted molar refractivity (Wildman–Crippen MR) is 62.7 cm³/mol. The van der Waals surface area contributed by atoms with Crippen molar-refractivity contribution in [1.29, 1.82) is 0 Å². The third kappa shape index (κ3) is 2.54. The average Bonchev–Trinajstić information content (AvgIpc) is 2.86. The number of rotatable bonds is 5. The van der Waals surface area contributed by atoms with Crippen LogP contribution in [0, 0.1) is 17.8 Å². The molecule has 2 bridgehead atoms. The van der Waals surface area contributed by atoms with Crippen molar-refractivity contribution >= 4 is 0 Å². The monoisotopic (exact) mass is 211 g/mol. The largest absolute Gasteiger partial charge is 0.392 e. The summed E-state index contributed by atoms with van der Waals surface area (Å²) in [6.45, 7) is 5.11. The summed E-state index contributed by atoms with van der Waals surface area (Å²) in [6, 6.07) is 0.599. The fraction of sp³-hybridized carbons (Fsp3) is 1.00. The Hall–Kier alpha value is -0.0800. The van der Waals surface area contributed by atoms with E-state index >= 15 is 0 Å². The quantitative estimate of drug-likeness (QED) is 0.730. The molecule has 2 N–H and O–H groups in total. The van der Waals surface area contributed by atoms with E-state index in [9.17, 15) is 5.11 Å². The summed E-state index contributed by atoms with van der Waals surface area (Å²) in [5.74, 6) is 2.89. The fourth-order valence-corrected chi connectivity index (χ4v) is 3.52. The molecule has 88 valence electrons. The maximum Gasteiger partial charge on any atom is 0.0662 e. The van der Waals surface area contributed by atoms with Gasteiger partial charge >= 0.3 is 0 Å². The van der Waals surface area contributed by atoms with Gasteiger partial charge < -0.3 is 10.4 Å². The van der Waals surface area contributed by atoms with Crippen LogP contribution in [0.15, 0.2) is 0 Å². The molecule has 0 saturated heterocycles. The normalized spacial score (nSPS) is 38.2. The molecule has 0 spiro atoms. The zero-order chi connectivity index (χ0) is 10.8. The van der Waals surface area contributed by atoms with Crippen molar-refractivity contribution in [2.45, 2.75) is 58.1 Å². The lowest BCUT2D eigenvalue weighted by Crippen LogP contribution is -2.40. The van der Waals surface area contributed by atoms with Gasteiger partial charge in [-0.25, -0.2) is 0 Å². The Morgan fingerprint density at radius 3 is 2.67 bits per heavy atom. The minimum Gasteiger partial charge on any atom is -0.392 e. The van der Waals surface area contributed by atoms with Gasteiger partial charge in [0.15, 0.2) is 0 Å². The van der Waals surface area contributed by atoms with Gasteiger partial charge in [-0.1, -0.05) is 13.3 Å². The van der Waals surface area contributed by atoms with Gasteiger partial charge in [-0.3, -0.25) is 0 Å². The molecule has 5 atom stereocenters. The van der Waals surface area contributed by atoms with Gasteiger partial charge in [0.25, 0.3) is 0 Å². The number of nitrogens with one attached hydrogen (secondary N) is 1. The molecule has 0 amide bonds. The lowest BCUT2D eigenvalue weighted by molar-refractivity contribution is 0.153. The third-order valence-electron chi connectivity index (χ3n) is 4.58. The maximum atomic E-state index is 9.52. The summed E-state index contributed by atoms with van der Waals surface area (Å²) >= 11 is 0. The summed E-state index contributed by atoms with van der Waals surface area (Å²) in [6.07, 6.45) is 6.54. The summed E-state index contributed by atoms with van der Waals surface area (Å²) in [4.78, 5) is 0. The third-order valence-corrected chi connectivity index (χ3v) is 4.58. The zero-order valence-corrected chi connectivity index (χ0v) is 10.1. The number of hydrogen-bond donors (Lipinski definition) is 2. The second-order valence-electron chi connectivity index (χ2n) is 5.60. The standard InChI is InChI=1S/C13H25NO/c1-3-12(15)8-14-9(2)13-7-10-4-5-11(13)6-10/h9-15H,3-8H2,1-2H3. The minimum atomic E-state index is -0.161. The van der Waals surface area contributed by atoms with Crippen molar-refractivity contribution in [3.05, 3.63) is 0 Å². The number of fused-ring (bicyclic) bond motifs is 2. The van der Waals surface area contributed by atoms with Crippen LogP contribution in [0.3, 0.4) is 0 Å². The van der Waals surface area contributed by atoms with E-state index in [1.54, 1.807) is 0 Å². The number of aliphatic hydroxyl groups excluding tert-OH is 1. The first-order valence-electron chi connectivity index (χ1n) is 6.62. The molecule has 2 saturated carbocycles. The van der Waals surface area contributed by atoms with E-state index in [2.05, 4.69) is 12.2 Å². The molecule has 0 aromatic heterocycles. The van der Waals surface area contributed by atoms with Crippen LogP contribution in [0.1, 0.15) is 46.0 Å². The van der Waals surface area contributed by atoms with E-state index in [1.165, 1.54) is 25.7 Å². The molecule has 2 nitrogen and oxygen atoms in total. The molecule has 0 aliphatic heterocycles. The van der Waals surface area contributed by atoms with Crippen molar-refractivity contribution in [3.8, 4) is 0 Å². The Labute approximate surface area is 93.5 Å². The molecule has 0 heterocycles. The van der Waals surface area contributed by atoms with Crippen LogP contribution in [0.4, 0.5) is 0 Å². The SMILES string of the molecule is CCC(O)CNC(C)C1CC2CCC1C2. The molecule has 0 aromatic carbocycles. The smallest absolute Gasteiger partial charge is 0.0662 e. The van der Waals surface area contributed by atoms with E-state index in [0.717, 1.165) is 30.7 Å². The van der Waals surface area contributed by atoms with Gasteiger partial charge in [0.2, 0.25) is 0 Å². The van der Waals surface area contributed by atoms with Crippen LogP contribution in [0.2, 0.25) is 0 Å². The van der Waals surface area contributed by atoms with Crippen LogP contribution in [-0.4, -0.2) is 23.8 Å². The molecule has 2 aliphatic rings. The first-order chi connectivity index (χ1) is 7.20. The number of hydrogen-bond acceptors (Lipinski definition) is 2. The van der Waals surface area contributed by atoms with Crippen LogP contribution < -0.4 is 5.32 Å². The highest BCUT2D eigenvalue weighted by molar-refractivity contribution is 4.94. The highest BCUT2D eigenvalue weighted by Gasteiger charge is 2.41. The van der Waals surface area contributed by atoms with E-state index in [-0.39, 0.29) is 6.10 Å². The molecule has 0 radical (unpaired) electrons. The molecule has 2 heteroatoms. The Kier molecular flexibility index (Phi) is 3.68. The molecule has 2 fully saturated rings. The minimum absolute atomic E-state index is 0.161. The van der Waals surface area contributed by atoms with Gasteiger partial charge in [-0.2, -0.15) is 0 Å². The summed E-state index contributed by atoms with van der Waals surface area (Å²) in [5, 5.41) is 13.0. The van der Waals surface area contributed by atoms with E-state index in [4.69, 9.17) is 0 Å². The van der Waals surface area contributed by atoms with Gasteiger partial charge in [-0.05, 0) is 50.4 Å². The molecule has 5 unspecified atom stereocenters. The van der Waals surface area contributed by atoms with Crippen molar-refractivity contribution in [1.82, 2.24) is 5.32 Å². The van der Waals surface area contributed by atoms with Crippen molar-refractivity contribution < 1.29 is 5.11 Å². The molecule has 0 aromatic rings. The maximum absolute atomic E-state index is 9.52. The van der Waals surface area contributed by atoms with E-state index < -0.39 is 0 Å². The Morgan fingerprint density at radius 1 is 1.33 bits per heavy atom. The second kappa shape index (κ2) is 4.84. The first kappa shape index (κ1) is 11.4. The van der Waals surface area contributed by atoms with Crippen LogP contribution in [0.25, 0.3) is 0 Å². The summed E-state index contributed by atoms with van der Waals surface area (Å²) in [7, 11) is 0. The molecule has 2 rings (SSSR count). The van der Waals surface area contributed by atoms with Crippen LogP contribution >= 0.6 is 0 Å². The second-order valence-corrected chi connectivity index (χ2v) is 5.60. The van der Waals surface area contributed by atoms with E-state index in [0.29, 0.717) is 6.04 Å². The van der Waals surface area contributed by atoms with Crippen LogP contribution in [-0.2, 0) is 0 Å². The van der Waals surface area contributed by atoms with Gasteiger partial charge in [0.05, 0.1) is 6.10 Å². The first-order valence-corrected chi connectivity index (χ1v) is 6.62. The molecule has 2 aliphatic carbocycles. The predicted octanol–water partition coefficient (Wildman–Crippen LogP) is 2.17. The van der Waals surface area contributed by atoms with Gasteiger partial charge in [0, 0.05) is 12.6 Å². The molecular weight excluding hydrogens is 186 g/mol. The Bertz CT molecular complexity index is 207. The van der Waals surface area contributed by atoms with Crippen molar-refractivity contribution in [2.24, 2.45) is 17.8 Å². The van der Waals surface area contributed by atoms with Gasteiger partial charge in [0.1, 0.15) is 0 Å². The molecular formula is C13H25NO. The lowest BCUT2D eigenvalue weighted by Gasteiger charge is -2.29. The van der Waals surface area contributed by atoms with Crippen molar-refractivity contribution in [3.63, 3.8) is 0 Å². The van der Waals surface area contributed by atoms with Gasteiger partial charge in [-0.15, -0.1) is 0 Å². The fourth-order valence-electron chi connectivity index (χ4n) is 3.52. The Balaban J connectivity index is 1.74. The highest BCUT2D eigenvalue weighted by atomic mass is 16.3. The topological polar surface area (TPSA) is 32.3 Å². The lowest BCUT2D eigenvalue weighted by atomic mass is 9.84.